The van der Waals surface area contributed by atoms with Gasteiger partial charge in [-0.15, -0.1) is 0 Å². The standard InChI is InChI=1S/C5H13N2O/c1-2-8-5(7)3-4-6/h5-6H,2-4,7H2,1H3. The summed E-state index contributed by atoms with van der Waals surface area (Å²) in [6.07, 6.45) is 0.408. The molecule has 0 rings (SSSR count). The van der Waals surface area contributed by atoms with Crippen LogP contribution >= 0.6 is 0 Å². The molecule has 3 nitrogen and oxygen atoms in total. The van der Waals surface area contributed by atoms with Crippen LogP contribution in [0, 0.1) is 0 Å². The van der Waals surface area contributed by atoms with Crippen molar-refractivity contribution < 1.29 is 4.74 Å². The first-order valence-electron chi connectivity index (χ1n) is 2.83. The van der Waals surface area contributed by atoms with Gasteiger partial charge in [0.05, 0.1) is 0 Å². The van der Waals surface area contributed by atoms with Crippen molar-refractivity contribution in [3.8, 4) is 0 Å². The van der Waals surface area contributed by atoms with E-state index in [9.17, 15) is 0 Å². The van der Waals surface area contributed by atoms with Crippen molar-refractivity contribution in [2.24, 2.45) is 5.73 Å². The van der Waals surface area contributed by atoms with Crippen molar-refractivity contribution in [3.05, 3.63) is 0 Å². The van der Waals surface area contributed by atoms with Crippen LogP contribution in [0.3, 0.4) is 0 Å². The Morgan fingerprint density at radius 2 is 2.38 bits per heavy atom. The molecule has 3 N–H and O–H groups in total. The highest BCUT2D eigenvalue weighted by Crippen LogP contribution is 1.86. The summed E-state index contributed by atoms with van der Waals surface area (Å²) in [4.78, 5) is 0. The van der Waals surface area contributed by atoms with Gasteiger partial charge in [0.1, 0.15) is 6.23 Å². The van der Waals surface area contributed by atoms with E-state index in [1.807, 2.05) is 6.92 Å². The highest BCUT2D eigenvalue weighted by Gasteiger charge is 1.96. The molecule has 0 bridgehead atoms. The SMILES string of the molecule is CCOC(N)CC[NH]. The molecule has 0 saturated carbocycles. The van der Waals surface area contributed by atoms with Gasteiger partial charge in [0, 0.05) is 19.6 Å². The van der Waals surface area contributed by atoms with Gasteiger partial charge in [-0.05, 0) is 6.92 Å². The number of hydrogen-bond donors (Lipinski definition) is 1. The van der Waals surface area contributed by atoms with Crippen LogP contribution in [0.2, 0.25) is 0 Å². The van der Waals surface area contributed by atoms with Gasteiger partial charge in [-0.1, -0.05) is 0 Å². The zero-order valence-electron chi connectivity index (χ0n) is 5.18. The number of nitrogens with one attached hydrogen (secondary N) is 1. The van der Waals surface area contributed by atoms with Crippen molar-refractivity contribution in [3.63, 3.8) is 0 Å². The van der Waals surface area contributed by atoms with Gasteiger partial charge in [0.25, 0.3) is 0 Å². The molecule has 0 saturated heterocycles. The molecule has 0 amide bonds. The molecule has 1 radical (unpaired) electrons. The average Bonchev–Trinajstić information content (AvgIpc) is 1.68. The van der Waals surface area contributed by atoms with Gasteiger partial charge in [-0.25, -0.2) is 0 Å². The largest absolute Gasteiger partial charge is 0.364 e. The molecule has 0 heterocycles. The summed E-state index contributed by atoms with van der Waals surface area (Å²) in [6.45, 7) is 2.88. The summed E-state index contributed by atoms with van der Waals surface area (Å²) < 4.78 is 4.94. The third kappa shape index (κ3) is 4.05. The fourth-order valence-electron chi connectivity index (χ4n) is 0.440. The summed E-state index contributed by atoms with van der Waals surface area (Å²) in [7, 11) is 0. The Morgan fingerprint density at radius 1 is 1.75 bits per heavy atom. The zero-order valence-corrected chi connectivity index (χ0v) is 5.18. The van der Waals surface area contributed by atoms with Crippen molar-refractivity contribution in [1.29, 1.82) is 0 Å². The average molecular weight is 117 g/mol. The maximum absolute atomic E-state index is 6.75. The van der Waals surface area contributed by atoms with Gasteiger partial charge in [0.15, 0.2) is 0 Å². The van der Waals surface area contributed by atoms with Crippen LogP contribution in [-0.2, 0) is 4.74 Å². The van der Waals surface area contributed by atoms with E-state index in [1.165, 1.54) is 0 Å². The van der Waals surface area contributed by atoms with Crippen LogP contribution in [0.4, 0.5) is 0 Å². The smallest absolute Gasteiger partial charge is 0.106 e. The van der Waals surface area contributed by atoms with Gasteiger partial charge in [-0.2, -0.15) is 0 Å². The second-order valence-electron chi connectivity index (χ2n) is 1.53. The third-order valence-corrected chi connectivity index (χ3v) is 0.810. The zero-order chi connectivity index (χ0) is 6.41. The number of rotatable bonds is 4. The predicted octanol–water partition coefficient (Wildman–Crippen LogP) is -0.0193. The molecule has 0 aromatic carbocycles. The van der Waals surface area contributed by atoms with E-state index in [4.69, 9.17) is 16.2 Å². The Hall–Kier alpha value is -0.120. The Morgan fingerprint density at radius 3 is 2.75 bits per heavy atom. The van der Waals surface area contributed by atoms with E-state index in [1.54, 1.807) is 0 Å². The van der Waals surface area contributed by atoms with Crippen LogP contribution in [0.15, 0.2) is 0 Å². The lowest BCUT2D eigenvalue weighted by Crippen LogP contribution is -2.24. The van der Waals surface area contributed by atoms with E-state index < -0.39 is 0 Å². The molecule has 0 fully saturated rings. The maximum Gasteiger partial charge on any atom is 0.106 e. The first-order valence-corrected chi connectivity index (χ1v) is 2.83. The van der Waals surface area contributed by atoms with E-state index in [0.717, 1.165) is 0 Å². The van der Waals surface area contributed by atoms with E-state index >= 15 is 0 Å². The molecule has 1 atom stereocenters. The van der Waals surface area contributed by atoms with Crippen LogP contribution in [0.5, 0.6) is 0 Å². The predicted molar refractivity (Wildman–Crippen MR) is 32.2 cm³/mol. The van der Waals surface area contributed by atoms with Gasteiger partial charge in [-0.3, -0.25) is 5.73 Å². The second kappa shape index (κ2) is 5.03. The second-order valence-corrected chi connectivity index (χ2v) is 1.53. The molecule has 0 aromatic rings. The lowest BCUT2D eigenvalue weighted by atomic mass is 10.4. The molecule has 8 heavy (non-hydrogen) atoms. The maximum atomic E-state index is 6.75. The highest BCUT2D eigenvalue weighted by molar-refractivity contribution is 4.45. The van der Waals surface area contributed by atoms with E-state index in [2.05, 4.69) is 0 Å². The third-order valence-electron chi connectivity index (χ3n) is 0.810. The summed E-state index contributed by atoms with van der Waals surface area (Å²) in [6, 6.07) is 0. The molecule has 3 heteroatoms. The number of nitrogens with two attached hydrogens (primary N) is 1. The molecule has 0 aromatic heterocycles. The van der Waals surface area contributed by atoms with Gasteiger partial charge < -0.3 is 10.5 Å². The fourth-order valence-corrected chi connectivity index (χ4v) is 0.440. The number of hydrogen-bond acceptors (Lipinski definition) is 2. The lowest BCUT2D eigenvalue weighted by molar-refractivity contribution is 0.0631. The van der Waals surface area contributed by atoms with Crippen molar-refractivity contribution in [2.45, 2.75) is 19.6 Å². The van der Waals surface area contributed by atoms with Crippen molar-refractivity contribution >= 4 is 0 Å². The van der Waals surface area contributed by atoms with E-state index in [0.29, 0.717) is 19.6 Å². The normalized spacial score (nSPS) is 13.9. The van der Waals surface area contributed by atoms with Crippen LogP contribution in [0.1, 0.15) is 13.3 Å². The van der Waals surface area contributed by atoms with Crippen LogP contribution < -0.4 is 11.5 Å². The minimum absolute atomic E-state index is 0.225. The monoisotopic (exact) mass is 117 g/mol. The molecule has 1 unspecified atom stereocenters. The Balaban J connectivity index is 2.92. The molecule has 0 aliphatic heterocycles. The van der Waals surface area contributed by atoms with Crippen molar-refractivity contribution in [1.82, 2.24) is 5.73 Å². The fraction of sp³-hybridized carbons (Fsp3) is 1.00. The Bertz CT molecular complexity index is 43.7. The summed E-state index contributed by atoms with van der Waals surface area (Å²) in [5.74, 6) is 0. The van der Waals surface area contributed by atoms with Crippen molar-refractivity contribution in [2.75, 3.05) is 13.2 Å². The minimum Gasteiger partial charge on any atom is -0.364 e. The molecule has 0 aliphatic carbocycles. The van der Waals surface area contributed by atoms with Crippen LogP contribution in [0.25, 0.3) is 0 Å². The van der Waals surface area contributed by atoms with E-state index in [-0.39, 0.29) is 6.23 Å². The molecule has 0 aliphatic rings. The first-order chi connectivity index (χ1) is 3.81. The summed E-state index contributed by atoms with van der Waals surface area (Å²) >= 11 is 0. The van der Waals surface area contributed by atoms with Gasteiger partial charge in [0.2, 0.25) is 0 Å². The molecule has 49 valence electrons. The Kier molecular flexibility index (Phi) is 4.95. The summed E-state index contributed by atoms with van der Waals surface area (Å²) in [5.41, 5.74) is 12.1. The number of ether oxygens (including phenoxy) is 1. The topological polar surface area (TPSA) is 59.0 Å². The van der Waals surface area contributed by atoms with Gasteiger partial charge >= 0.3 is 0 Å². The quantitative estimate of drug-likeness (QED) is 0.526. The molecular formula is C5H13N2O. The first kappa shape index (κ1) is 7.88. The Labute approximate surface area is 50.0 Å². The van der Waals surface area contributed by atoms with Crippen LogP contribution in [-0.4, -0.2) is 19.4 Å². The summed E-state index contributed by atoms with van der Waals surface area (Å²) in [5, 5.41) is 0. The minimum atomic E-state index is -0.225. The highest BCUT2D eigenvalue weighted by atomic mass is 16.5. The molecule has 0 spiro atoms. The molecular weight excluding hydrogens is 104 g/mol. The lowest BCUT2D eigenvalue weighted by Gasteiger charge is -2.07.